The van der Waals surface area contributed by atoms with Crippen molar-refractivity contribution in [2.75, 3.05) is 0 Å². The van der Waals surface area contributed by atoms with Crippen LogP contribution in [0.25, 0.3) is 0 Å². The molecule has 0 aliphatic carbocycles. The molecule has 0 fully saturated rings. The van der Waals surface area contributed by atoms with Crippen LogP contribution < -0.4 is 0 Å². The molecule has 0 spiro atoms. The summed E-state index contributed by atoms with van der Waals surface area (Å²) in [5, 5.41) is -0.0404. The summed E-state index contributed by atoms with van der Waals surface area (Å²) >= 11 is 5.58. The van der Waals surface area contributed by atoms with Crippen LogP contribution in [-0.2, 0) is 0 Å². The van der Waals surface area contributed by atoms with E-state index in [1.165, 1.54) is 18.3 Å². The monoisotopic (exact) mass is 211 g/mol. The summed E-state index contributed by atoms with van der Waals surface area (Å²) in [5.74, 6) is -0.883. The zero-order chi connectivity index (χ0) is 10.3. The molecule has 1 aromatic rings. The predicted octanol–water partition coefficient (Wildman–Crippen LogP) is 3.01. The van der Waals surface area contributed by atoms with E-state index in [2.05, 4.69) is 4.99 Å². The Balaban J connectivity index is 2.64. The van der Waals surface area contributed by atoms with Crippen molar-refractivity contribution in [3.63, 3.8) is 0 Å². The molecule has 1 aliphatic rings. The fourth-order valence-corrected chi connectivity index (χ4v) is 1.51. The number of carbonyl (C=O) groups excluding carboxylic acids is 1. The highest BCUT2D eigenvalue weighted by Crippen LogP contribution is 2.30. The SMILES string of the molecule is CC1C=Nc2cc(F)c(Cl)cc2C1=O. The van der Waals surface area contributed by atoms with Gasteiger partial charge in [-0.1, -0.05) is 18.5 Å². The van der Waals surface area contributed by atoms with Crippen LogP contribution in [0.2, 0.25) is 5.02 Å². The first-order chi connectivity index (χ1) is 6.59. The van der Waals surface area contributed by atoms with Crippen LogP contribution in [0.5, 0.6) is 0 Å². The Hall–Kier alpha value is -1.22. The van der Waals surface area contributed by atoms with E-state index in [0.29, 0.717) is 11.3 Å². The lowest BCUT2D eigenvalue weighted by molar-refractivity contribution is 0.0962. The Morgan fingerprint density at radius 3 is 2.93 bits per heavy atom. The van der Waals surface area contributed by atoms with Crippen molar-refractivity contribution >= 4 is 29.3 Å². The molecule has 0 N–H and O–H groups in total. The van der Waals surface area contributed by atoms with Crippen LogP contribution in [0.1, 0.15) is 17.3 Å². The second-order valence-electron chi connectivity index (χ2n) is 3.21. The van der Waals surface area contributed by atoms with Gasteiger partial charge in [0.15, 0.2) is 5.78 Å². The Morgan fingerprint density at radius 1 is 1.50 bits per heavy atom. The van der Waals surface area contributed by atoms with Crippen LogP contribution in [0.3, 0.4) is 0 Å². The molecule has 2 nitrogen and oxygen atoms in total. The molecular formula is C10H7ClFNO. The summed E-state index contributed by atoms with van der Waals surface area (Å²) < 4.78 is 13.0. The number of Topliss-reactive ketones (excluding diaryl/α,β-unsaturated/α-hetero) is 1. The molecule has 72 valence electrons. The summed E-state index contributed by atoms with van der Waals surface area (Å²) in [4.78, 5) is 15.6. The molecule has 1 aliphatic heterocycles. The molecule has 1 unspecified atom stereocenters. The van der Waals surface area contributed by atoms with E-state index in [1.54, 1.807) is 6.92 Å². The Labute approximate surface area is 85.4 Å². The van der Waals surface area contributed by atoms with Crippen LogP contribution >= 0.6 is 11.6 Å². The summed E-state index contributed by atoms with van der Waals surface area (Å²) in [6.45, 7) is 1.74. The minimum Gasteiger partial charge on any atom is -0.293 e. The van der Waals surface area contributed by atoms with Gasteiger partial charge in [0.05, 0.1) is 16.6 Å². The molecule has 14 heavy (non-hydrogen) atoms. The maximum absolute atomic E-state index is 13.0. The van der Waals surface area contributed by atoms with E-state index in [4.69, 9.17) is 11.6 Å². The first-order valence-corrected chi connectivity index (χ1v) is 4.55. The van der Waals surface area contributed by atoms with Crippen molar-refractivity contribution in [1.29, 1.82) is 0 Å². The highest BCUT2D eigenvalue weighted by molar-refractivity contribution is 6.31. The van der Waals surface area contributed by atoms with Crippen LogP contribution in [0.4, 0.5) is 10.1 Å². The van der Waals surface area contributed by atoms with Gasteiger partial charge in [0, 0.05) is 17.8 Å². The zero-order valence-electron chi connectivity index (χ0n) is 7.42. The highest BCUT2D eigenvalue weighted by atomic mass is 35.5. The second kappa shape index (κ2) is 3.17. The molecule has 0 bridgehead atoms. The quantitative estimate of drug-likeness (QED) is 0.649. The van der Waals surface area contributed by atoms with E-state index < -0.39 is 5.82 Å². The third-order valence-corrected chi connectivity index (χ3v) is 2.44. The van der Waals surface area contributed by atoms with Gasteiger partial charge in [-0.2, -0.15) is 0 Å². The number of carbonyl (C=O) groups is 1. The number of hydrogen-bond donors (Lipinski definition) is 0. The number of fused-ring (bicyclic) bond motifs is 1. The number of nitrogens with zero attached hydrogens (tertiary/aromatic N) is 1. The lowest BCUT2D eigenvalue weighted by atomic mass is 9.96. The Bertz CT molecular complexity index is 442. The molecule has 0 radical (unpaired) electrons. The van der Waals surface area contributed by atoms with Gasteiger partial charge in [-0.05, 0) is 6.07 Å². The average molecular weight is 212 g/mol. The van der Waals surface area contributed by atoms with Gasteiger partial charge in [-0.25, -0.2) is 4.39 Å². The molecule has 1 aromatic carbocycles. The molecule has 0 saturated heterocycles. The van der Waals surface area contributed by atoms with E-state index in [1.807, 2.05) is 0 Å². The number of halogens is 2. The largest absolute Gasteiger partial charge is 0.293 e. The third-order valence-electron chi connectivity index (χ3n) is 2.15. The summed E-state index contributed by atoms with van der Waals surface area (Å²) in [6, 6.07) is 2.51. The van der Waals surface area contributed by atoms with Crippen molar-refractivity contribution < 1.29 is 9.18 Å². The Kier molecular flexibility index (Phi) is 2.11. The fraction of sp³-hybridized carbons (Fsp3) is 0.200. The lowest BCUT2D eigenvalue weighted by Crippen LogP contribution is -2.16. The number of aliphatic imine (C=N–C) groups is 1. The van der Waals surface area contributed by atoms with E-state index in [-0.39, 0.29) is 16.7 Å². The summed E-state index contributed by atoms with van der Waals surface area (Å²) in [6.07, 6.45) is 1.51. The first-order valence-electron chi connectivity index (χ1n) is 4.17. The average Bonchev–Trinajstić information content (AvgIpc) is 2.15. The van der Waals surface area contributed by atoms with Gasteiger partial charge in [0.2, 0.25) is 0 Å². The number of rotatable bonds is 0. The number of benzene rings is 1. The van der Waals surface area contributed by atoms with E-state index in [9.17, 15) is 9.18 Å². The van der Waals surface area contributed by atoms with Crippen LogP contribution in [0, 0.1) is 11.7 Å². The van der Waals surface area contributed by atoms with Gasteiger partial charge in [-0.3, -0.25) is 9.79 Å². The second-order valence-corrected chi connectivity index (χ2v) is 3.62. The maximum Gasteiger partial charge on any atom is 0.173 e. The van der Waals surface area contributed by atoms with Gasteiger partial charge >= 0.3 is 0 Å². The van der Waals surface area contributed by atoms with E-state index >= 15 is 0 Å². The number of ketones is 1. The molecule has 0 aromatic heterocycles. The van der Waals surface area contributed by atoms with Crippen molar-refractivity contribution in [3.05, 3.63) is 28.5 Å². The van der Waals surface area contributed by atoms with Crippen molar-refractivity contribution in [3.8, 4) is 0 Å². The van der Waals surface area contributed by atoms with Gasteiger partial charge in [0.1, 0.15) is 5.82 Å². The maximum atomic E-state index is 13.0. The highest BCUT2D eigenvalue weighted by Gasteiger charge is 2.22. The third kappa shape index (κ3) is 1.34. The van der Waals surface area contributed by atoms with Crippen LogP contribution in [-0.4, -0.2) is 12.0 Å². The molecule has 0 saturated carbocycles. The molecular weight excluding hydrogens is 205 g/mol. The van der Waals surface area contributed by atoms with E-state index in [0.717, 1.165) is 0 Å². The van der Waals surface area contributed by atoms with Crippen molar-refractivity contribution in [2.24, 2.45) is 10.9 Å². The zero-order valence-corrected chi connectivity index (χ0v) is 8.18. The van der Waals surface area contributed by atoms with Crippen molar-refractivity contribution in [1.82, 2.24) is 0 Å². The minimum absolute atomic E-state index is 0.0404. The van der Waals surface area contributed by atoms with Gasteiger partial charge in [-0.15, -0.1) is 0 Å². The number of hydrogen-bond acceptors (Lipinski definition) is 2. The first kappa shape index (κ1) is 9.34. The standard InChI is InChI=1S/C10H7ClFNO/c1-5-4-13-9-3-8(12)7(11)2-6(9)10(5)14/h2-5H,1H3. The minimum atomic E-state index is -0.551. The molecule has 1 atom stereocenters. The lowest BCUT2D eigenvalue weighted by Gasteiger charge is -2.13. The summed E-state index contributed by atoms with van der Waals surface area (Å²) in [7, 11) is 0. The molecule has 4 heteroatoms. The van der Waals surface area contributed by atoms with Gasteiger partial charge in [0.25, 0.3) is 0 Å². The smallest absolute Gasteiger partial charge is 0.173 e. The predicted molar refractivity (Wildman–Crippen MR) is 53.1 cm³/mol. The van der Waals surface area contributed by atoms with Gasteiger partial charge < -0.3 is 0 Å². The summed E-state index contributed by atoms with van der Waals surface area (Å²) in [5.41, 5.74) is 0.751. The molecule has 1 heterocycles. The molecule has 0 amide bonds. The normalized spacial score (nSPS) is 19.6. The van der Waals surface area contributed by atoms with Crippen LogP contribution in [0.15, 0.2) is 17.1 Å². The fourth-order valence-electron chi connectivity index (χ4n) is 1.35. The van der Waals surface area contributed by atoms with Crippen molar-refractivity contribution in [2.45, 2.75) is 6.92 Å². The molecule has 2 rings (SSSR count). The Morgan fingerprint density at radius 2 is 2.21 bits per heavy atom. The topological polar surface area (TPSA) is 29.4 Å².